The number of carbonyl (C=O) groups excluding carboxylic acids is 1. The predicted molar refractivity (Wildman–Crippen MR) is 61.9 cm³/mol. The van der Waals surface area contributed by atoms with Crippen molar-refractivity contribution in [1.82, 2.24) is 5.32 Å². The van der Waals surface area contributed by atoms with Crippen LogP contribution in [-0.2, 0) is 9.59 Å². The molecule has 0 spiro atoms. The molecule has 0 aliphatic carbocycles. The first kappa shape index (κ1) is 13.0. The van der Waals surface area contributed by atoms with Crippen molar-refractivity contribution >= 4 is 11.9 Å². The number of carbonyl (C=O) groups is 2. The average Bonchev–Trinajstić information content (AvgIpc) is 2.28. The molecular weight excluding hydrogens is 222 g/mol. The van der Waals surface area contributed by atoms with Crippen molar-refractivity contribution in [3.05, 3.63) is 29.8 Å². The van der Waals surface area contributed by atoms with Gasteiger partial charge in [0.15, 0.2) is 6.10 Å². The maximum atomic E-state index is 11.4. The SMILES string of the molecule is Cc1ccc(OC(C)C(=O)NCC(=O)O)cc1. The van der Waals surface area contributed by atoms with E-state index in [1.807, 2.05) is 19.1 Å². The van der Waals surface area contributed by atoms with Crippen LogP contribution in [0.15, 0.2) is 24.3 Å². The number of rotatable bonds is 5. The summed E-state index contributed by atoms with van der Waals surface area (Å²) in [5.74, 6) is -0.956. The van der Waals surface area contributed by atoms with Crippen molar-refractivity contribution in [3.63, 3.8) is 0 Å². The second-order valence-electron chi connectivity index (χ2n) is 3.68. The van der Waals surface area contributed by atoms with Gasteiger partial charge in [-0.05, 0) is 26.0 Å². The van der Waals surface area contributed by atoms with E-state index in [1.54, 1.807) is 19.1 Å². The summed E-state index contributed by atoms with van der Waals surface area (Å²) in [5.41, 5.74) is 1.10. The molecule has 0 heterocycles. The van der Waals surface area contributed by atoms with E-state index in [0.717, 1.165) is 5.56 Å². The normalized spacial score (nSPS) is 11.6. The van der Waals surface area contributed by atoms with Crippen LogP contribution in [0.5, 0.6) is 5.75 Å². The molecule has 0 aliphatic heterocycles. The Morgan fingerprint density at radius 1 is 1.35 bits per heavy atom. The zero-order chi connectivity index (χ0) is 12.8. The molecule has 1 atom stereocenters. The first-order valence-corrected chi connectivity index (χ1v) is 5.22. The third-order valence-electron chi connectivity index (χ3n) is 2.12. The molecule has 92 valence electrons. The number of nitrogens with one attached hydrogen (secondary N) is 1. The van der Waals surface area contributed by atoms with Crippen LogP contribution in [-0.4, -0.2) is 29.6 Å². The van der Waals surface area contributed by atoms with E-state index in [2.05, 4.69) is 5.32 Å². The van der Waals surface area contributed by atoms with Gasteiger partial charge in [-0.1, -0.05) is 17.7 Å². The molecular formula is C12H15NO4. The summed E-state index contributed by atoms with van der Waals surface area (Å²) in [5, 5.41) is 10.7. The van der Waals surface area contributed by atoms with Crippen LogP contribution in [0.1, 0.15) is 12.5 Å². The smallest absolute Gasteiger partial charge is 0.322 e. The molecule has 1 amide bonds. The number of amides is 1. The summed E-state index contributed by atoms with van der Waals surface area (Å²) in [7, 11) is 0. The van der Waals surface area contributed by atoms with Crippen LogP contribution in [0.2, 0.25) is 0 Å². The molecule has 0 aliphatic rings. The van der Waals surface area contributed by atoms with Gasteiger partial charge >= 0.3 is 5.97 Å². The number of carboxylic acid groups (broad SMARTS) is 1. The molecule has 5 nitrogen and oxygen atoms in total. The Balaban J connectivity index is 2.48. The Kier molecular flexibility index (Phi) is 4.51. The Morgan fingerprint density at radius 2 is 1.94 bits per heavy atom. The van der Waals surface area contributed by atoms with Crippen LogP contribution in [0.3, 0.4) is 0 Å². The number of hydrogen-bond acceptors (Lipinski definition) is 3. The second-order valence-corrected chi connectivity index (χ2v) is 3.68. The molecule has 0 fully saturated rings. The van der Waals surface area contributed by atoms with Crippen molar-refractivity contribution in [2.24, 2.45) is 0 Å². The van der Waals surface area contributed by atoms with Gasteiger partial charge < -0.3 is 15.2 Å². The standard InChI is InChI=1S/C12H15NO4/c1-8-3-5-10(6-4-8)17-9(2)12(16)13-7-11(14)15/h3-6,9H,7H2,1-2H3,(H,13,16)(H,14,15). The molecule has 0 radical (unpaired) electrons. The molecule has 17 heavy (non-hydrogen) atoms. The summed E-state index contributed by atoms with van der Waals surface area (Å²) < 4.78 is 5.36. The summed E-state index contributed by atoms with van der Waals surface area (Å²) in [6.07, 6.45) is -0.725. The lowest BCUT2D eigenvalue weighted by Crippen LogP contribution is -2.39. The average molecular weight is 237 g/mol. The molecule has 0 bridgehead atoms. The van der Waals surface area contributed by atoms with Crippen LogP contribution in [0.25, 0.3) is 0 Å². The van der Waals surface area contributed by atoms with Crippen molar-refractivity contribution in [2.45, 2.75) is 20.0 Å². The number of carboxylic acids is 1. The van der Waals surface area contributed by atoms with Gasteiger partial charge in [-0.2, -0.15) is 0 Å². The molecule has 0 saturated heterocycles. The van der Waals surface area contributed by atoms with E-state index in [9.17, 15) is 9.59 Å². The predicted octanol–water partition coefficient (Wildman–Crippen LogP) is 0.963. The third kappa shape index (κ3) is 4.55. The van der Waals surface area contributed by atoms with E-state index in [0.29, 0.717) is 5.75 Å². The van der Waals surface area contributed by atoms with E-state index in [-0.39, 0.29) is 0 Å². The van der Waals surface area contributed by atoms with Crippen molar-refractivity contribution in [3.8, 4) is 5.75 Å². The van der Waals surface area contributed by atoms with Gasteiger partial charge in [-0.15, -0.1) is 0 Å². The van der Waals surface area contributed by atoms with Gasteiger partial charge in [0.2, 0.25) is 0 Å². The first-order chi connectivity index (χ1) is 7.99. The van der Waals surface area contributed by atoms with Crippen molar-refractivity contribution in [2.75, 3.05) is 6.54 Å². The molecule has 1 unspecified atom stereocenters. The molecule has 1 rings (SSSR count). The quantitative estimate of drug-likeness (QED) is 0.799. The maximum absolute atomic E-state index is 11.4. The van der Waals surface area contributed by atoms with Gasteiger partial charge in [0, 0.05) is 0 Å². The fourth-order valence-corrected chi connectivity index (χ4v) is 1.18. The largest absolute Gasteiger partial charge is 0.481 e. The zero-order valence-electron chi connectivity index (χ0n) is 9.77. The van der Waals surface area contributed by atoms with Crippen LogP contribution in [0.4, 0.5) is 0 Å². The van der Waals surface area contributed by atoms with Gasteiger partial charge in [-0.25, -0.2) is 0 Å². The summed E-state index contributed by atoms with van der Waals surface area (Å²) in [6.45, 7) is 3.12. The molecule has 1 aromatic carbocycles. The van der Waals surface area contributed by atoms with Crippen LogP contribution >= 0.6 is 0 Å². The Hall–Kier alpha value is -2.04. The lowest BCUT2D eigenvalue weighted by molar-refractivity contribution is -0.139. The highest BCUT2D eigenvalue weighted by molar-refractivity contribution is 5.84. The number of hydrogen-bond donors (Lipinski definition) is 2. The highest BCUT2D eigenvalue weighted by Gasteiger charge is 2.14. The lowest BCUT2D eigenvalue weighted by atomic mass is 10.2. The van der Waals surface area contributed by atoms with Crippen LogP contribution in [0, 0.1) is 6.92 Å². The van der Waals surface area contributed by atoms with E-state index in [1.165, 1.54) is 0 Å². The zero-order valence-corrected chi connectivity index (χ0v) is 9.77. The van der Waals surface area contributed by atoms with E-state index < -0.39 is 24.5 Å². The fourth-order valence-electron chi connectivity index (χ4n) is 1.18. The van der Waals surface area contributed by atoms with E-state index >= 15 is 0 Å². The van der Waals surface area contributed by atoms with E-state index in [4.69, 9.17) is 9.84 Å². The fraction of sp³-hybridized carbons (Fsp3) is 0.333. The van der Waals surface area contributed by atoms with Gasteiger partial charge in [0.25, 0.3) is 5.91 Å². The van der Waals surface area contributed by atoms with Crippen molar-refractivity contribution < 1.29 is 19.4 Å². The third-order valence-corrected chi connectivity index (χ3v) is 2.12. The number of benzene rings is 1. The highest BCUT2D eigenvalue weighted by Crippen LogP contribution is 2.13. The van der Waals surface area contributed by atoms with Crippen molar-refractivity contribution in [1.29, 1.82) is 0 Å². The second kappa shape index (κ2) is 5.89. The first-order valence-electron chi connectivity index (χ1n) is 5.22. The minimum atomic E-state index is -1.08. The van der Waals surface area contributed by atoms with Gasteiger partial charge in [-0.3, -0.25) is 9.59 Å². The highest BCUT2D eigenvalue weighted by atomic mass is 16.5. The Morgan fingerprint density at radius 3 is 2.47 bits per heavy atom. The molecule has 0 saturated carbocycles. The number of ether oxygens (including phenoxy) is 1. The molecule has 2 N–H and O–H groups in total. The number of aliphatic carboxylic acids is 1. The summed E-state index contributed by atoms with van der Waals surface area (Å²) >= 11 is 0. The lowest BCUT2D eigenvalue weighted by Gasteiger charge is -2.13. The van der Waals surface area contributed by atoms with Crippen LogP contribution < -0.4 is 10.1 Å². The topological polar surface area (TPSA) is 75.6 Å². The minimum Gasteiger partial charge on any atom is -0.481 e. The monoisotopic (exact) mass is 237 g/mol. The molecule has 0 aromatic heterocycles. The number of aryl methyl sites for hydroxylation is 1. The molecule has 5 heteroatoms. The summed E-state index contributed by atoms with van der Waals surface area (Å²) in [6, 6.07) is 7.26. The Labute approximate surface area is 99.4 Å². The Bertz CT molecular complexity index is 399. The minimum absolute atomic E-state index is 0.402. The maximum Gasteiger partial charge on any atom is 0.322 e. The van der Waals surface area contributed by atoms with Gasteiger partial charge in [0.1, 0.15) is 12.3 Å². The summed E-state index contributed by atoms with van der Waals surface area (Å²) in [4.78, 5) is 21.7. The van der Waals surface area contributed by atoms with Gasteiger partial charge in [0.05, 0.1) is 0 Å². The molecule has 1 aromatic rings.